The van der Waals surface area contributed by atoms with Crippen molar-refractivity contribution in [3.63, 3.8) is 0 Å². The first-order valence-electron chi connectivity index (χ1n) is 6.73. The third-order valence-electron chi connectivity index (χ3n) is 2.92. The molecule has 0 radical (unpaired) electrons. The van der Waals surface area contributed by atoms with Crippen LogP contribution in [0.25, 0.3) is 10.2 Å². The van der Waals surface area contributed by atoms with Gasteiger partial charge in [0.2, 0.25) is 5.91 Å². The van der Waals surface area contributed by atoms with Crippen LogP contribution in [0, 0.1) is 6.92 Å². The van der Waals surface area contributed by atoms with E-state index in [0.717, 1.165) is 22.3 Å². The summed E-state index contributed by atoms with van der Waals surface area (Å²) in [4.78, 5) is 29.1. The minimum Gasteiger partial charge on any atom is -0.397 e. The molecule has 0 bridgehead atoms. The first-order chi connectivity index (χ1) is 10.0. The van der Waals surface area contributed by atoms with Crippen LogP contribution < -0.4 is 16.4 Å². The van der Waals surface area contributed by atoms with Gasteiger partial charge >= 0.3 is 0 Å². The number of pyridine rings is 1. The van der Waals surface area contributed by atoms with E-state index in [1.165, 1.54) is 11.3 Å². The Morgan fingerprint density at radius 1 is 1.33 bits per heavy atom. The molecule has 0 aromatic carbocycles. The monoisotopic (exact) mass is 306 g/mol. The molecule has 2 rings (SSSR count). The normalized spacial score (nSPS) is 10.6. The molecule has 2 amide bonds. The highest BCUT2D eigenvalue weighted by Crippen LogP contribution is 2.32. The molecular weight excluding hydrogens is 288 g/mol. The summed E-state index contributed by atoms with van der Waals surface area (Å²) in [7, 11) is 0. The third-order valence-corrected chi connectivity index (χ3v) is 4.03. The number of fused-ring (bicyclic) bond motifs is 1. The number of aryl methyl sites for hydroxylation is 1. The zero-order valence-electron chi connectivity index (χ0n) is 12.0. The summed E-state index contributed by atoms with van der Waals surface area (Å²) < 4.78 is 0. The number of rotatable bonds is 5. The molecule has 7 heteroatoms. The molecule has 0 atom stereocenters. The molecule has 2 aromatic heterocycles. The molecule has 21 heavy (non-hydrogen) atoms. The molecule has 0 saturated heterocycles. The molecule has 0 saturated carbocycles. The van der Waals surface area contributed by atoms with Crippen LogP contribution in [0.15, 0.2) is 12.1 Å². The minimum absolute atomic E-state index is 0.0566. The number of hydrogen-bond acceptors (Lipinski definition) is 5. The van der Waals surface area contributed by atoms with E-state index in [4.69, 9.17) is 5.73 Å². The Morgan fingerprint density at radius 2 is 2.10 bits per heavy atom. The summed E-state index contributed by atoms with van der Waals surface area (Å²) >= 11 is 1.24. The molecule has 0 aliphatic rings. The van der Waals surface area contributed by atoms with Crippen molar-refractivity contribution in [3.05, 3.63) is 22.7 Å². The number of carbonyl (C=O) groups is 2. The third kappa shape index (κ3) is 3.49. The molecule has 0 aliphatic carbocycles. The van der Waals surface area contributed by atoms with Gasteiger partial charge in [0.15, 0.2) is 0 Å². The molecule has 4 N–H and O–H groups in total. The molecular formula is C14H18N4O2S. The lowest BCUT2D eigenvalue weighted by molar-refractivity contribution is -0.120. The second-order valence-electron chi connectivity index (χ2n) is 4.68. The van der Waals surface area contributed by atoms with Gasteiger partial charge in [-0.05, 0) is 25.5 Å². The number of anilines is 1. The van der Waals surface area contributed by atoms with Gasteiger partial charge in [0, 0.05) is 17.6 Å². The zero-order valence-corrected chi connectivity index (χ0v) is 12.8. The first-order valence-corrected chi connectivity index (χ1v) is 7.55. The van der Waals surface area contributed by atoms with E-state index in [-0.39, 0.29) is 18.4 Å². The van der Waals surface area contributed by atoms with Gasteiger partial charge < -0.3 is 16.4 Å². The van der Waals surface area contributed by atoms with Crippen LogP contribution in [0.1, 0.15) is 28.7 Å². The van der Waals surface area contributed by atoms with Crippen LogP contribution in [0.3, 0.4) is 0 Å². The maximum Gasteiger partial charge on any atom is 0.264 e. The minimum atomic E-state index is -0.347. The smallest absolute Gasteiger partial charge is 0.264 e. The van der Waals surface area contributed by atoms with Gasteiger partial charge in [-0.2, -0.15) is 0 Å². The number of hydrogen-bond donors (Lipinski definition) is 3. The van der Waals surface area contributed by atoms with Crippen LogP contribution in [-0.2, 0) is 4.79 Å². The summed E-state index contributed by atoms with van der Waals surface area (Å²) in [5, 5.41) is 6.04. The predicted octanol–water partition coefficient (Wildman–Crippen LogP) is 1.44. The van der Waals surface area contributed by atoms with Crippen LogP contribution in [0.4, 0.5) is 5.69 Å². The van der Waals surface area contributed by atoms with Crippen molar-refractivity contribution in [2.45, 2.75) is 20.3 Å². The molecule has 0 spiro atoms. The fraction of sp³-hybridized carbons (Fsp3) is 0.357. The molecule has 112 valence electrons. The van der Waals surface area contributed by atoms with Gasteiger partial charge in [0.1, 0.15) is 9.71 Å². The fourth-order valence-electron chi connectivity index (χ4n) is 1.83. The molecule has 0 aliphatic heterocycles. The number of nitrogens with zero attached hydrogens (tertiary/aromatic N) is 1. The van der Waals surface area contributed by atoms with Gasteiger partial charge in [-0.15, -0.1) is 11.3 Å². The summed E-state index contributed by atoms with van der Waals surface area (Å²) in [5.74, 6) is -0.557. The Hall–Kier alpha value is -2.15. The topological polar surface area (TPSA) is 97.1 Å². The van der Waals surface area contributed by atoms with Gasteiger partial charge in [0.05, 0.1) is 12.2 Å². The highest BCUT2D eigenvalue weighted by molar-refractivity contribution is 7.21. The molecule has 2 aromatic rings. The number of nitrogens with two attached hydrogens (primary N) is 1. The van der Waals surface area contributed by atoms with Crippen molar-refractivity contribution in [3.8, 4) is 0 Å². The predicted molar refractivity (Wildman–Crippen MR) is 84.4 cm³/mol. The van der Waals surface area contributed by atoms with Crippen molar-refractivity contribution < 1.29 is 9.59 Å². The van der Waals surface area contributed by atoms with E-state index in [0.29, 0.717) is 17.1 Å². The molecule has 0 fully saturated rings. The summed E-state index contributed by atoms with van der Waals surface area (Å²) in [6.45, 7) is 4.39. The second kappa shape index (κ2) is 6.53. The zero-order chi connectivity index (χ0) is 15.4. The molecule has 6 nitrogen and oxygen atoms in total. The Bertz CT molecular complexity index is 681. The number of nitrogens with one attached hydrogen (secondary N) is 2. The fourth-order valence-corrected chi connectivity index (χ4v) is 2.88. The first kappa shape index (κ1) is 15.2. The standard InChI is InChI=1S/C14H18N4O2S/c1-3-6-16-10(19)7-17-13(20)12-11(15)9-5-4-8(2)18-14(9)21-12/h4-5H,3,6-7,15H2,1-2H3,(H,16,19)(H,17,20). The number of nitrogen functional groups attached to an aromatic ring is 1. The van der Waals surface area contributed by atoms with Crippen molar-refractivity contribution in [1.29, 1.82) is 0 Å². The van der Waals surface area contributed by atoms with Crippen molar-refractivity contribution in [2.24, 2.45) is 0 Å². The Morgan fingerprint density at radius 3 is 2.81 bits per heavy atom. The number of carbonyl (C=O) groups excluding carboxylic acids is 2. The highest BCUT2D eigenvalue weighted by atomic mass is 32.1. The van der Waals surface area contributed by atoms with Crippen molar-refractivity contribution in [1.82, 2.24) is 15.6 Å². The van der Waals surface area contributed by atoms with E-state index in [1.54, 1.807) is 0 Å². The van der Waals surface area contributed by atoms with Crippen LogP contribution in [-0.4, -0.2) is 29.9 Å². The van der Waals surface area contributed by atoms with E-state index in [9.17, 15) is 9.59 Å². The Balaban J connectivity index is 2.09. The van der Waals surface area contributed by atoms with E-state index >= 15 is 0 Å². The van der Waals surface area contributed by atoms with Gasteiger partial charge in [-0.3, -0.25) is 9.59 Å². The van der Waals surface area contributed by atoms with Crippen LogP contribution in [0.5, 0.6) is 0 Å². The van der Waals surface area contributed by atoms with Gasteiger partial charge in [0.25, 0.3) is 5.91 Å². The number of thiophene rings is 1. The Labute approximate surface area is 126 Å². The largest absolute Gasteiger partial charge is 0.397 e. The van der Waals surface area contributed by atoms with Crippen molar-refractivity contribution >= 4 is 39.1 Å². The lowest BCUT2D eigenvalue weighted by atomic mass is 10.2. The summed E-state index contributed by atoms with van der Waals surface area (Å²) in [6, 6.07) is 3.71. The van der Waals surface area contributed by atoms with E-state index in [1.807, 2.05) is 26.0 Å². The summed E-state index contributed by atoms with van der Waals surface area (Å²) in [5.41, 5.74) is 7.27. The average molecular weight is 306 g/mol. The van der Waals surface area contributed by atoms with Crippen LogP contribution in [0.2, 0.25) is 0 Å². The second-order valence-corrected chi connectivity index (χ2v) is 5.68. The SMILES string of the molecule is CCCNC(=O)CNC(=O)c1sc2nc(C)ccc2c1N. The maximum absolute atomic E-state index is 12.1. The highest BCUT2D eigenvalue weighted by Gasteiger charge is 2.17. The van der Waals surface area contributed by atoms with E-state index in [2.05, 4.69) is 15.6 Å². The number of amides is 2. The summed E-state index contributed by atoms with van der Waals surface area (Å²) in [6.07, 6.45) is 0.855. The average Bonchev–Trinajstić information content (AvgIpc) is 2.79. The quantitative estimate of drug-likeness (QED) is 0.778. The van der Waals surface area contributed by atoms with Gasteiger partial charge in [-0.25, -0.2) is 4.98 Å². The molecule has 2 heterocycles. The maximum atomic E-state index is 12.1. The van der Waals surface area contributed by atoms with Crippen LogP contribution >= 0.6 is 11.3 Å². The Kier molecular flexibility index (Phi) is 4.74. The van der Waals surface area contributed by atoms with E-state index < -0.39 is 0 Å². The lowest BCUT2D eigenvalue weighted by Crippen LogP contribution is -2.37. The molecule has 0 unspecified atom stereocenters. The van der Waals surface area contributed by atoms with Gasteiger partial charge in [-0.1, -0.05) is 6.92 Å². The lowest BCUT2D eigenvalue weighted by Gasteiger charge is -2.05. The number of aromatic nitrogens is 1. The van der Waals surface area contributed by atoms with Crippen molar-refractivity contribution in [2.75, 3.05) is 18.8 Å².